The molecule has 2 bridgehead atoms. The number of amides is 1. The summed E-state index contributed by atoms with van der Waals surface area (Å²) < 4.78 is 0. The van der Waals surface area contributed by atoms with E-state index in [1.165, 1.54) is 25.9 Å². The second kappa shape index (κ2) is 5.04. The van der Waals surface area contributed by atoms with Gasteiger partial charge in [0.05, 0.1) is 0 Å². The van der Waals surface area contributed by atoms with Gasteiger partial charge in [-0.3, -0.25) is 4.79 Å². The van der Waals surface area contributed by atoms with Gasteiger partial charge in [0.2, 0.25) is 5.91 Å². The lowest BCUT2D eigenvalue weighted by atomic mass is 9.76. The van der Waals surface area contributed by atoms with Crippen molar-refractivity contribution in [2.75, 3.05) is 26.2 Å². The Hall–Kier alpha value is -0.830. The topological polar surface area (TPSA) is 23.6 Å². The molecule has 3 heteroatoms. The molecule has 0 radical (unpaired) electrons. The first-order chi connectivity index (χ1) is 8.78. The van der Waals surface area contributed by atoms with Gasteiger partial charge in [0.1, 0.15) is 0 Å². The number of hydrogen-bond donors (Lipinski definition) is 0. The molecule has 0 aromatic rings. The normalized spacial score (nSPS) is 36.3. The maximum atomic E-state index is 12.0. The third kappa shape index (κ3) is 2.20. The Kier molecular flexibility index (Phi) is 3.42. The predicted molar refractivity (Wildman–Crippen MR) is 72.2 cm³/mol. The molecule has 3 atom stereocenters. The first kappa shape index (κ1) is 12.2. The van der Waals surface area contributed by atoms with Crippen LogP contribution in [-0.4, -0.2) is 47.9 Å². The van der Waals surface area contributed by atoms with E-state index in [1.807, 2.05) is 6.08 Å². The average molecular weight is 248 g/mol. The molecule has 3 unspecified atom stereocenters. The highest BCUT2D eigenvalue weighted by Gasteiger charge is 2.43. The summed E-state index contributed by atoms with van der Waals surface area (Å²) in [5.41, 5.74) is 0. The Morgan fingerprint density at radius 1 is 1.33 bits per heavy atom. The van der Waals surface area contributed by atoms with Gasteiger partial charge in [-0.25, -0.2) is 0 Å². The maximum absolute atomic E-state index is 12.0. The highest BCUT2D eigenvalue weighted by atomic mass is 16.2. The Balaban J connectivity index is 1.68. The molecule has 3 fully saturated rings. The Bertz CT molecular complexity index is 341. The van der Waals surface area contributed by atoms with Gasteiger partial charge in [-0.2, -0.15) is 0 Å². The molecule has 3 nitrogen and oxygen atoms in total. The molecule has 1 amide bonds. The maximum Gasteiger partial charge on any atom is 0.222 e. The molecule has 0 N–H and O–H groups in total. The fraction of sp³-hybridized carbons (Fsp3) is 0.800. The van der Waals surface area contributed by atoms with Crippen LogP contribution in [0.25, 0.3) is 0 Å². The van der Waals surface area contributed by atoms with Gasteiger partial charge in [-0.15, -0.1) is 6.58 Å². The molecular formula is C15H24N2O. The number of nitrogens with zero attached hydrogens (tertiary/aromatic N) is 2. The second-order valence-corrected chi connectivity index (χ2v) is 6.20. The van der Waals surface area contributed by atoms with E-state index >= 15 is 0 Å². The van der Waals surface area contributed by atoms with Crippen LogP contribution in [0.2, 0.25) is 0 Å². The molecule has 0 saturated carbocycles. The minimum absolute atomic E-state index is 0.417. The van der Waals surface area contributed by atoms with Crippen molar-refractivity contribution in [2.45, 2.75) is 38.1 Å². The molecule has 100 valence electrons. The van der Waals surface area contributed by atoms with Crippen LogP contribution in [0.3, 0.4) is 0 Å². The molecule has 0 spiro atoms. The van der Waals surface area contributed by atoms with Crippen LogP contribution in [0, 0.1) is 11.8 Å². The summed E-state index contributed by atoms with van der Waals surface area (Å²) in [7, 11) is 0. The summed E-state index contributed by atoms with van der Waals surface area (Å²) >= 11 is 0. The summed E-state index contributed by atoms with van der Waals surface area (Å²) in [6.07, 6.45) is 7.58. The molecule has 3 aliphatic heterocycles. The van der Waals surface area contributed by atoms with E-state index in [1.54, 1.807) is 0 Å². The van der Waals surface area contributed by atoms with Crippen molar-refractivity contribution in [2.24, 2.45) is 11.8 Å². The van der Waals surface area contributed by atoms with Crippen LogP contribution in [0.5, 0.6) is 0 Å². The first-order valence-electron chi connectivity index (χ1n) is 7.40. The Labute approximate surface area is 110 Å². The molecule has 18 heavy (non-hydrogen) atoms. The van der Waals surface area contributed by atoms with Crippen LogP contribution >= 0.6 is 0 Å². The third-order valence-electron chi connectivity index (χ3n) is 4.90. The standard InChI is InChI=1S/C15H24N2O/c1-2-3-7-16-9-12-8-13(11-16)14-5-4-6-15(18)17(14)10-12/h2,12-14H,1,3-11H2. The van der Waals surface area contributed by atoms with Gasteiger partial charge in [-0.05, 0) is 37.5 Å². The van der Waals surface area contributed by atoms with E-state index in [4.69, 9.17) is 0 Å². The lowest BCUT2D eigenvalue weighted by molar-refractivity contribution is -0.144. The van der Waals surface area contributed by atoms with E-state index in [0.29, 0.717) is 17.9 Å². The van der Waals surface area contributed by atoms with Crippen molar-refractivity contribution >= 4 is 5.91 Å². The molecule has 3 aliphatic rings. The Morgan fingerprint density at radius 3 is 3.06 bits per heavy atom. The van der Waals surface area contributed by atoms with Crippen molar-refractivity contribution in [3.05, 3.63) is 12.7 Å². The average Bonchev–Trinajstić information content (AvgIpc) is 2.38. The highest BCUT2D eigenvalue weighted by Crippen LogP contribution is 2.37. The summed E-state index contributed by atoms with van der Waals surface area (Å²) in [6, 6.07) is 0.550. The zero-order valence-corrected chi connectivity index (χ0v) is 11.2. The van der Waals surface area contributed by atoms with Crippen molar-refractivity contribution in [3.63, 3.8) is 0 Å². The molecule has 3 heterocycles. The number of carbonyl (C=O) groups is 1. The van der Waals surface area contributed by atoms with Gasteiger partial charge in [0.25, 0.3) is 0 Å². The van der Waals surface area contributed by atoms with E-state index in [0.717, 1.165) is 38.3 Å². The van der Waals surface area contributed by atoms with Gasteiger partial charge in [0.15, 0.2) is 0 Å². The van der Waals surface area contributed by atoms with Crippen molar-refractivity contribution in [1.29, 1.82) is 0 Å². The van der Waals surface area contributed by atoms with Gasteiger partial charge in [-0.1, -0.05) is 6.08 Å². The van der Waals surface area contributed by atoms with Crippen LogP contribution < -0.4 is 0 Å². The van der Waals surface area contributed by atoms with E-state index in [-0.39, 0.29) is 0 Å². The Morgan fingerprint density at radius 2 is 2.22 bits per heavy atom. The third-order valence-corrected chi connectivity index (χ3v) is 4.90. The molecule has 3 rings (SSSR count). The van der Waals surface area contributed by atoms with Crippen molar-refractivity contribution < 1.29 is 4.79 Å². The number of carbonyl (C=O) groups excluding carboxylic acids is 1. The number of hydrogen-bond acceptors (Lipinski definition) is 2. The van der Waals surface area contributed by atoms with Crippen LogP contribution in [0.15, 0.2) is 12.7 Å². The van der Waals surface area contributed by atoms with Crippen LogP contribution in [0.1, 0.15) is 32.1 Å². The molecule has 3 saturated heterocycles. The summed E-state index contributed by atoms with van der Waals surface area (Å²) in [5.74, 6) is 1.86. The fourth-order valence-electron chi connectivity index (χ4n) is 4.17. The number of piperidine rings is 3. The van der Waals surface area contributed by atoms with E-state index in [9.17, 15) is 4.79 Å². The first-order valence-corrected chi connectivity index (χ1v) is 7.40. The van der Waals surface area contributed by atoms with Gasteiger partial charge < -0.3 is 9.80 Å². The highest BCUT2D eigenvalue weighted by molar-refractivity contribution is 5.77. The molecule has 0 aliphatic carbocycles. The SMILES string of the molecule is C=CCCN1CC2CC(C1)C1CCCC(=O)N1C2. The second-order valence-electron chi connectivity index (χ2n) is 6.20. The zero-order chi connectivity index (χ0) is 12.5. The minimum Gasteiger partial charge on any atom is -0.339 e. The quantitative estimate of drug-likeness (QED) is 0.712. The number of rotatable bonds is 3. The van der Waals surface area contributed by atoms with Gasteiger partial charge >= 0.3 is 0 Å². The largest absolute Gasteiger partial charge is 0.339 e. The molecule has 0 aromatic heterocycles. The lowest BCUT2D eigenvalue weighted by Crippen LogP contribution is -2.60. The number of likely N-dealkylation sites (tertiary alicyclic amines) is 1. The smallest absolute Gasteiger partial charge is 0.222 e. The van der Waals surface area contributed by atoms with Gasteiger partial charge in [0, 0.05) is 38.6 Å². The fourth-order valence-corrected chi connectivity index (χ4v) is 4.17. The van der Waals surface area contributed by atoms with E-state index < -0.39 is 0 Å². The van der Waals surface area contributed by atoms with Crippen LogP contribution in [-0.2, 0) is 4.79 Å². The summed E-state index contributed by atoms with van der Waals surface area (Å²) in [4.78, 5) is 16.8. The van der Waals surface area contributed by atoms with E-state index in [2.05, 4.69) is 16.4 Å². The van der Waals surface area contributed by atoms with Crippen LogP contribution in [0.4, 0.5) is 0 Å². The minimum atomic E-state index is 0.417. The molecule has 0 aromatic carbocycles. The summed E-state index contributed by atoms with van der Waals surface area (Å²) in [5, 5.41) is 0. The lowest BCUT2D eigenvalue weighted by Gasteiger charge is -2.52. The summed E-state index contributed by atoms with van der Waals surface area (Å²) in [6.45, 7) is 8.36. The monoisotopic (exact) mass is 248 g/mol. The zero-order valence-electron chi connectivity index (χ0n) is 11.2. The predicted octanol–water partition coefficient (Wildman–Crippen LogP) is 1.90. The molecular weight excluding hydrogens is 224 g/mol. The number of fused-ring (bicyclic) bond motifs is 4. The van der Waals surface area contributed by atoms with Crippen molar-refractivity contribution in [1.82, 2.24) is 9.80 Å². The van der Waals surface area contributed by atoms with Crippen molar-refractivity contribution in [3.8, 4) is 0 Å².